The third kappa shape index (κ3) is 4.04. The van der Waals surface area contributed by atoms with Gasteiger partial charge in [0, 0.05) is 11.8 Å². The average molecular weight is 315 g/mol. The highest BCUT2D eigenvalue weighted by Gasteiger charge is 2.21. The molecule has 6 nitrogen and oxygen atoms in total. The Kier molecular flexibility index (Phi) is 6.50. The van der Waals surface area contributed by atoms with Crippen molar-refractivity contribution >= 4 is 23.2 Å². The van der Waals surface area contributed by atoms with Crippen LogP contribution in [0.3, 0.4) is 0 Å². The molecule has 0 amide bonds. The van der Waals surface area contributed by atoms with E-state index in [2.05, 4.69) is 4.98 Å². The summed E-state index contributed by atoms with van der Waals surface area (Å²) in [6, 6.07) is -0.187. The molecule has 1 N–H and O–H groups in total. The van der Waals surface area contributed by atoms with Gasteiger partial charge >= 0.3 is 11.6 Å². The van der Waals surface area contributed by atoms with Crippen LogP contribution in [0.15, 0.2) is 11.0 Å². The van der Waals surface area contributed by atoms with E-state index in [1.54, 1.807) is 0 Å². The Morgan fingerprint density at radius 3 is 2.63 bits per heavy atom. The summed E-state index contributed by atoms with van der Waals surface area (Å²) in [5.74, 6) is -0.896. The molecule has 1 atom stereocenters. The van der Waals surface area contributed by atoms with Crippen molar-refractivity contribution in [3.63, 3.8) is 0 Å². The highest BCUT2D eigenvalue weighted by atomic mass is 35.5. The fraction of sp³-hybridized carbons (Fsp3) is 0.600. The summed E-state index contributed by atoms with van der Waals surface area (Å²) in [7, 11) is 1.26. The van der Waals surface area contributed by atoms with Crippen molar-refractivity contribution in [2.75, 3.05) is 25.5 Å². The number of ether oxygens (including phenoxy) is 2. The number of halogens is 3. The van der Waals surface area contributed by atoms with Crippen LogP contribution < -0.4 is 10.3 Å². The van der Waals surface area contributed by atoms with Gasteiger partial charge in [0.15, 0.2) is 6.23 Å². The molecule has 0 aliphatic carbocycles. The Labute approximate surface area is 118 Å². The Bertz CT molecular complexity index is 467. The highest BCUT2D eigenvalue weighted by Crippen LogP contribution is 2.18. The van der Waals surface area contributed by atoms with Crippen LogP contribution in [-0.2, 0) is 4.74 Å². The number of nitrogens with zero attached hydrogens (tertiary/aromatic N) is 2. The number of aliphatic hydroxyl groups excluding tert-OH is 1. The molecule has 1 rings (SSSR count). The molecule has 1 aromatic heterocycles. The first-order valence-corrected chi connectivity index (χ1v) is 6.35. The molecule has 1 aromatic rings. The summed E-state index contributed by atoms with van der Waals surface area (Å²) < 4.78 is 24.5. The van der Waals surface area contributed by atoms with Crippen LogP contribution in [0.1, 0.15) is 6.23 Å². The van der Waals surface area contributed by atoms with Crippen molar-refractivity contribution in [3.8, 4) is 6.01 Å². The molecule has 0 radical (unpaired) electrons. The zero-order chi connectivity index (χ0) is 14.4. The highest BCUT2D eigenvalue weighted by molar-refractivity contribution is 6.21. The van der Waals surface area contributed by atoms with Crippen LogP contribution >= 0.6 is 23.2 Å². The number of hydrogen-bond acceptors (Lipinski definition) is 5. The van der Waals surface area contributed by atoms with Gasteiger partial charge in [0.2, 0.25) is 5.82 Å². The molecule has 0 fully saturated rings. The molecule has 0 bridgehead atoms. The summed E-state index contributed by atoms with van der Waals surface area (Å²) in [4.78, 5) is 14.4. The van der Waals surface area contributed by atoms with Gasteiger partial charge in [0.05, 0.1) is 26.0 Å². The molecular weight excluding hydrogens is 302 g/mol. The van der Waals surface area contributed by atoms with Gasteiger partial charge in [-0.15, -0.1) is 23.2 Å². The van der Waals surface area contributed by atoms with Crippen LogP contribution in [-0.4, -0.2) is 46.2 Å². The largest absolute Gasteiger partial charge is 0.468 e. The van der Waals surface area contributed by atoms with Crippen molar-refractivity contribution in [3.05, 3.63) is 22.4 Å². The minimum absolute atomic E-state index is 0.0957. The number of hydrogen-bond donors (Lipinski definition) is 1. The average Bonchev–Trinajstić information content (AvgIpc) is 2.43. The van der Waals surface area contributed by atoms with Crippen molar-refractivity contribution in [1.82, 2.24) is 9.55 Å². The van der Waals surface area contributed by atoms with Crippen molar-refractivity contribution < 1.29 is 19.0 Å². The summed E-state index contributed by atoms with van der Waals surface area (Å²) in [6.45, 7) is -0.495. The van der Waals surface area contributed by atoms with Crippen LogP contribution in [0.25, 0.3) is 0 Å². The van der Waals surface area contributed by atoms with Crippen molar-refractivity contribution in [1.29, 1.82) is 0 Å². The van der Waals surface area contributed by atoms with E-state index < -0.39 is 30.3 Å². The lowest BCUT2D eigenvalue weighted by molar-refractivity contribution is -0.0682. The molecule has 108 valence electrons. The summed E-state index contributed by atoms with van der Waals surface area (Å²) in [6.07, 6.45) is -0.720. The second kappa shape index (κ2) is 7.64. The maximum absolute atomic E-state index is 13.3. The fourth-order valence-corrected chi connectivity index (χ4v) is 1.80. The van der Waals surface area contributed by atoms with E-state index in [-0.39, 0.29) is 17.8 Å². The molecule has 9 heteroatoms. The number of aliphatic hydroxyl groups is 1. The Balaban J connectivity index is 3.09. The molecule has 19 heavy (non-hydrogen) atoms. The van der Waals surface area contributed by atoms with Gasteiger partial charge in [-0.05, 0) is 0 Å². The molecule has 0 unspecified atom stereocenters. The summed E-state index contributed by atoms with van der Waals surface area (Å²) >= 11 is 11.2. The lowest BCUT2D eigenvalue weighted by Crippen LogP contribution is -2.29. The van der Waals surface area contributed by atoms with Crippen LogP contribution in [0.5, 0.6) is 6.01 Å². The van der Waals surface area contributed by atoms with E-state index in [1.807, 2.05) is 0 Å². The number of aromatic nitrogens is 2. The second-order valence-electron chi connectivity index (χ2n) is 3.49. The lowest BCUT2D eigenvalue weighted by atomic mass is 10.4. The van der Waals surface area contributed by atoms with Crippen LogP contribution in [0.2, 0.25) is 0 Å². The van der Waals surface area contributed by atoms with Gasteiger partial charge in [-0.2, -0.15) is 9.37 Å². The fourth-order valence-electron chi connectivity index (χ4n) is 1.32. The SMILES string of the molecule is COc1nc(=O)c(F)cn1[C@@H](CO)OC(CCl)CCl. The predicted molar refractivity (Wildman–Crippen MR) is 67.4 cm³/mol. The number of alkyl halides is 2. The standard InChI is InChI=1S/C10H13Cl2FN2O4/c1-18-10-14-9(17)7(13)4-15(10)8(5-16)19-6(2-11)3-12/h4,6,8,16H,2-3,5H2,1H3/t8-/m1/s1. The zero-order valence-electron chi connectivity index (χ0n) is 10.1. The van der Waals surface area contributed by atoms with Crippen molar-refractivity contribution in [2.45, 2.75) is 12.3 Å². The van der Waals surface area contributed by atoms with E-state index >= 15 is 0 Å². The number of rotatable bonds is 7. The van der Waals surface area contributed by atoms with Gasteiger partial charge in [0.25, 0.3) is 0 Å². The van der Waals surface area contributed by atoms with Gasteiger partial charge in [0.1, 0.15) is 0 Å². The first-order valence-electron chi connectivity index (χ1n) is 5.28. The van der Waals surface area contributed by atoms with Crippen molar-refractivity contribution in [2.24, 2.45) is 0 Å². The molecule has 0 saturated carbocycles. The van der Waals surface area contributed by atoms with Crippen LogP contribution in [0, 0.1) is 5.82 Å². The van der Waals surface area contributed by atoms with Gasteiger partial charge in [-0.25, -0.2) is 0 Å². The van der Waals surface area contributed by atoms with E-state index in [0.29, 0.717) is 0 Å². The molecule has 0 aliphatic rings. The Morgan fingerprint density at radius 2 is 2.16 bits per heavy atom. The monoisotopic (exact) mass is 314 g/mol. The molecule has 1 heterocycles. The normalized spacial score (nSPS) is 12.7. The number of methoxy groups -OCH3 is 1. The smallest absolute Gasteiger partial charge is 0.311 e. The first kappa shape index (κ1) is 16.2. The van der Waals surface area contributed by atoms with E-state index in [4.69, 9.17) is 32.7 Å². The van der Waals surface area contributed by atoms with E-state index in [9.17, 15) is 14.3 Å². The van der Waals surface area contributed by atoms with E-state index in [1.165, 1.54) is 7.11 Å². The van der Waals surface area contributed by atoms with Gasteiger partial charge < -0.3 is 14.6 Å². The lowest BCUT2D eigenvalue weighted by Gasteiger charge is -2.24. The third-order valence-corrected chi connectivity index (χ3v) is 2.91. The van der Waals surface area contributed by atoms with Gasteiger partial charge in [-0.3, -0.25) is 9.36 Å². The predicted octanol–water partition coefficient (Wildman–Crippen LogP) is 0.745. The minimum atomic E-state index is -1.09. The van der Waals surface area contributed by atoms with Crippen LogP contribution in [0.4, 0.5) is 4.39 Å². The molecular formula is C10H13Cl2FN2O4. The molecule has 0 saturated heterocycles. The molecule has 0 spiro atoms. The quantitative estimate of drug-likeness (QED) is 0.752. The van der Waals surface area contributed by atoms with E-state index in [0.717, 1.165) is 10.8 Å². The second-order valence-corrected chi connectivity index (χ2v) is 4.11. The minimum Gasteiger partial charge on any atom is -0.468 e. The Morgan fingerprint density at radius 1 is 1.53 bits per heavy atom. The first-order chi connectivity index (χ1) is 9.07. The Hall–Kier alpha value is -0.890. The third-order valence-electron chi connectivity index (χ3n) is 2.22. The molecule has 0 aromatic carbocycles. The maximum atomic E-state index is 13.3. The maximum Gasteiger partial charge on any atom is 0.311 e. The summed E-state index contributed by atoms with van der Waals surface area (Å²) in [5.41, 5.74) is -1.06. The van der Waals surface area contributed by atoms with Gasteiger partial charge in [-0.1, -0.05) is 0 Å². The molecule has 0 aliphatic heterocycles. The summed E-state index contributed by atoms with van der Waals surface area (Å²) in [5, 5.41) is 9.28. The zero-order valence-corrected chi connectivity index (χ0v) is 11.6. The topological polar surface area (TPSA) is 73.6 Å².